The van der Waals surface area contributed by atoms with E-state index in [1.165, 1.54) is 4.90 Å². The van der Waals surface area contributed by atoms with Crippen LogP contribution in [0, 0.1) is 0 Å². The Kier molecular flexibility index (Phi) is 7.07. The van der Waals surface area contributed by atoms with Crippen molar-refractivity contribution in [3.05, 3.63) is 57.5 Å². The molecule has 0 heterocycles. The molecule has 0 saturated carbocycles. The Morgan fingerprint density at radius 2 is 2.00 bits per heavy atom. The Bertz CT molecular complexity index is 594. The minimum absolute atomic E-state index is 0.703. The van der Waals surface area contributed by atoms with Crippen molar-refractivity contribution in [1.82, 2.24) is 5.32 Å². The van der Waals surface area contributed by atoms with Crippen LogP contribution in [0.25, 0.3) is 0 Å². The molecule has 2 aromatic rings. The molecule has 0 bridgehead atoms. The van der Waals surface area contributed by atoms with Crippen molar-refractivity contribution >= 4 is 39.3 Å². The van der Waals surface area contributed by atoms with Crippen LogP contribution in [0.4, 0.5) is 0 Å². The van der Waals surface area contributed by atoms with Gasteiger partial charge in [-0.3, -0.25) is 0 Å². The van der Waals surface area contributed by atoms with Gasteiger partial charge in [-0.05, 0) is 35.9 Å². The van der Waals surface area contributed by atoms with E-state index in [4.69, 9.17) is 16.3 Å². The van der Waals surface area contributed by atoms with E-state index in [0.717, 1.165) is 33.0 Å². The number of methoxy groups -OCH3 is 1. The standard InChI is InChI=1S/C16H17BrClNOS/c1-20-8-7-19-11-12-5-6-15(10-16(12)18)21-14-4-2-3-13(17)9-14/h2-6,9-10,19H,7-8,11H2,1H3. The molecule has 2 rings (SSSR count). The first-order valence-electron chi connectivity index (χ1n) is 6.60. The van der Waals surface area contributed by atoms with E-state index >= 15 is 0 Å². The van der Waals surface area contributed by atoms with Crippen molar-refractivity contribution < 1.29 is 4.74 Å². The molecular weight excluding hydrogens is 370 g/mol. The summed E-state index contributed by atoms with van der Waals surface area (Å²) in [7, 11) is 1.70. The van der Waals surface area contributed by atoms with E-state index in [0.29, 0.717) is 6.61 Å². The lowest BCUT2D eigenvalue weighted by atomic mass is 10.2. The van der Waals surface area contributed by atoms with Crippen molar-refractivity contribution in [3.63, 3.8) is 0 Å². The zero-order valence-corrected chi connectivity index (χ0v) is 14.9. The van der Waals surface area contributed by atoms with Gasteiger partial charge in [-0.25, -0.2) is 0 Å². The van der Waals surface area contributed by atoms with E-state index in [9.17, 15) is 0 Å². The molecule has 0 radical (unpaired) electrons. The van der Waals surface area contributed by atoms with Crippen LogP contribution in [0.15, 0.2) is 56.7 Å². The van der Waals surface area contributed by atoms with Crippen molar-refractivity contribution in [2.45, 2.75) is 16.3 Å². The van der Waals surface area contributed by atoms with Crippen LogP contribution in [0.3, 0.4) is 0 Å². The van der Waals surface area contributed by atoms with Crippen LogP contribution in [-0.4, -0.2) is 20.3 Å². The molecule has 0 amide bonds. The van der Waals surface area contributed by atoms with Crippen molar-refractivity contribution in [1.29, 1.82) is 0 Å². The molecule has 5 heteroatoms. The molecule has 0 aliphatic rings. The topological polar surface area (TPSA) is 21.3 Å². The van der Waals surface area contributed by atoms with Gasteiger partial charge in [0, 0.05) is 39.5 Å². The third-order valence-corrected chi connectivity index (χ3v) is 4.68. The zero-order chi connectivity index (χ0) is 15.1. The van der Waals surface area contributed by atoms with E-state index in [1.807, 2.05) is 18.2 Å². The van der Waals surface area contributed by atoms with Gasteiger partial charge >= 0.3 is 0 Å². The maximum absolute atomic E-state index is 6.35. The number of nitrogens with one attached hydrogen (secondary N) is 1. The summed E-state index contributed by atoms with van der Waals surface area (Å²) >= 11 is 11.5. The summed E-state index contributed by atoms with van der Waals surface area (Å²) in [4.78, 5) is 2.32. The molecule has 21 heavy (non-hydrogen) atoms. The molecule has 0 fully saturated rings. The monoisotopic (exact) mass is 385 g/mol. The summed E-state index contributed by atoms with van der Waals surface area (Å²) in [6.07, 6.45) is 0. The van der Waals surface area contributed by atoms with Gasteiger partial charge in [-0.1, -0.05) is 51.4 Å². The number of benzene rings is 2. The Hall–Kier alpha value is -0.520. The van der Waals surface area contributed by atoms with Gasteiger partial charge in [0.05, 0.1) is 6.61 Å². The van der Waals surface area contributed by atoms with Gasteiger partial charge in [0.15, 0.2) is 0 Å². The lowest BCUT2D eigenvalue weighted by Crippen LogP contribution is -2.18. The largest absolute Gasteiger partial charge is 0.383 e. The van der Waals surface area contributed by atoms with Crippen LogP contribution >= 0.6 is 39.3 Å². The average Bonchev–Trinajstić information content (AvgIpc) is 2.45. The summed E-state index contributed by atoms with van der Waals surface area (Å²) in [5.41, 5.74) is 1.10. The molecule has 0 saturated heterocycles. The molecule has 0 aliphatic carbocycles. The van der Waals surface area contributed by atoms with E-state index < -0.39 is 0 Å². The number of hydrogen-bond donors (Lipinski definition) is 1. The normalized spacial score (nSPS) is 10.8. The van der Waals surface area contributed by atoms with E-state index in [-0.39, 0.29) is 0 Å². The molecule has 112 valence electrons. The van der Waals surface area contributed by atoms with Gasteiger partial charge in [0.25, 0.3) is 0 Å². The molecule has 2 nitrogen and oxygen atoms in total. The first-order chi connectivity index (χ1) is 10.2. The highest BCUT2D eigenvalue weighted by atomic mass is 79.9. The van der Waals surface area contributed by atoms with Crippen LogP contribution in [0.1, 0.15) is 5.56 Å². The molecule has 0 atom stereocenters. The highest BCUT2D eigenvalue weighted by molar-refractivity contribution is 9.10. The highest BCUT2D eigenvalue weighted by Crippen LogP contribution is 2.32. The summed E-state index contributed by atoms with van der Waals surface area (Å²) in [5.74, 6) is 0. The zero-order valence-electron chi connectivity index (χ0n) is 11.7. The Balaban J connectivity index is 1.98. The molecule has 0 spiro atoms. The SMILES string of the molecule is COCCNCc1ccc(Sc2cccc(Br)c2)cc1Cl. The fraction of sp³-hybridized carbons (Fsp3) is 0.250. The average molecular weight is 387 g/mol. The first-order valence-corrected chi connectivity index (χ1v) is 8.59. The predicted molar refractivity (Wildman–Crippen MR) is 93.3 cm³/mol. The summed E-state index contributed by atoms with van der Waals surface area (Å²) < 4.78 is 6.08. The quantitative estimate of drug-likeness (QED) is 0.677. The fourth-order valence-corrected chi connectivity index (χ4v) is 3.58. The van der Waals surface area contributed by atoms with E-state index in [2.05, 4.69) is 45.5 Å². The minimum atomic E-state index is 0.703. The Labute approximate surface area is 143 Å². The number of hydrogen-bond acceptors (Lipinski definition) is 3. The second kappa shape index (κ2) is 8.81. The summed E-state index contributed by atoms with van der Waals surface area (Å²) in [5, 5.41) is 4.09. The summed E-state index contributed by atoms with van der Waals surface area (Å²) in [6, 6.07) is 14.4. The molecule has 1 N–H and O–H groups in total. The lowest BCUT2D eigenvalue weighted by Gasteiger charge is -2.08. The van der Waals surface area contributed by atoms with Crippen LogP contribution in [0.2, 0.25) is 5.02 Å². The van der Waals surface area contributed by atoms with Crippen molar-refractivity contribution in [3.8, 4) is 0 Å². The number of rotatable bonds is 7. The van der Waals surface area contributed by atoms with Gasteiger partial charge in [-0.15, -0.1) is 0 Å². The maximum Gasteiger partial charge on any atom is 0.0587 e. The number of ether oxygens (including phenoxy) is 1. The number of halogens is 2. The minimum Gasteiger partial charge on any atom is -0.383 e. The Morgan fingerprint density at radius 3 is 2.71 bits per heavy atom. The molecule has 0 aromatic heterocycles. The molecule has 0 unspecified atom stereocenters. The van der Waals surface area contributed by atoms with Gasteiger partial charge < -0.3 is 10.1 Å². The Morgan fingerprint density at radius 1 is 1.19 bits per heavy atom. The maximum atomic E-state index is 6.35. The molecular formula is C16H17BrClNOS. The van der Waals surface area contributed by atoms with Crippen molar-refractivity contribution in [2.24, 2.45) is 0 Å². The predicted octanol–water partition coefficient (Wildman–Crippen LogP) is 4.99. The van der Waals surface area contributed by atoms with E-state index in [1.54, 1.807) is 18.9 Å². The molecule has 2 aromatic carbocycles. The first kappa shape index (κ1) is 16.8. The smallest absolute Gasteiger partial charge is 0.0587 e. The van der Waals surface area contributed by atoms with Crippen LogP contribution in [0.5, 0.6) is 0 Å². The third kappa shape index (κ3) is 5.64. The van der Waals surface area contributed by atoms with Crippen LogP contribution < -0.4 is 5.32 Å². The second-order valence-corrected chi connectivity index (χ2v) is 6.95. The van der Waals surface area contributed by atoms with Gasteiger partial charge in [0.1, 0.15) is 0 Å². The third-order valence-electron chi connectivity index (χ3n) is 2.85. The van der Waals surface area contributed by atoms with Crippen molar-refractivity contribution in [2.75, 3.05) is 20.3 Å². The fourth-order valence-electron chi connectivity index (χ4n) is 1.80. The van der Waals surface area contributed by atoms with Crippen LogP contribution in [-0.2, 0) is 11.3 Å². The van der Waals surface area contributed by atoms with Gasteiger partial charge in [0.2, 0.25) is 0 Å². The highest BCUT2D eigenvalue weighted by Gasteiger charge is 2.04. The molecule has 0 aliphatic heterocycles. The van der Waals surface area contributed by atoms with Gasteiger partial charge in [-0.2, -0.15) is 0 Å². The lowest BCUT2D eigenvalue weighted by molar-refractivity contribution is 0.199. The second-order valence-electron chi connectivity index (χ2n) is 4.48. The summed E-state index contributed by atoms with van der Waals surface area (Å²) in [6.45, 7) is 2.28.